The third-order valence-electron chi connectivity index (χ3n) is 3.13. The predicted molar refractivity (Wildman–Crippen MR) is 60.0 cm³/mol. The molecule has 0 saturated heterocycles. The lowest BCUT2D eigenvalue weighted by Crippen LogP contribution is -2.10. The number of carbonyl (C=O) groups is 1. The molecule has 0 radical (unpaired) electrons. The maximum Gasteiger partial charge on any atom is 0.310 e. The summed E-state index contributed by atoms with van der Waals surface area (Å²) in [6.07, 6.45) is 5.14. The summed E-state index contributed by atoms with van der Waals surface area (Å²) in [6.45, 7) is 3.75. The SMILES string of the molecule is Cc1c(C(C)C(=O)O)ccc2c1CC=C2. The average Bonchev–Trinajstić information content (AvgIpc) is 2.66. The molecule has 1 unspecified atom stereocenters. The van der Waals surface area contributed by atoms with Gasteiger partial charge in [0, 0.05) is 0 Å². The number of aliphatic carboxylic acids is 1. The highest BCUT2D eigenvalue weighted by atomic mass is 16.4. The lowest BCUT2D eigenvalue weighted by atomic mass is 9.91. The van der Waals surface area contributed by atoms with Gasteiger partial charge < -0.3 is 5.11 Å². The Kier molecular flexibility index (Phi) is 2.35. The quantitative estimate of drug-likeness (QED) is 0.800. The summed E-state index contributed by atoms with van der Waals surface area (Å²) in [5, 5.41) is 8.99. The smallest absolute Gasteiger partial charge is 0.310 e. The van der Waals surface area contributed by atoms with Crippen molar-refractivity contribution < 1.29 is 9.90 Å². The van der Waals surface area contributed by atoms with Crippen molar-refractivity contribution in [1.82, 2.24) is 0 Å². The number of fused-ring (bicyclic) bond motifs is 1. The van der Waals surface area contributed by atoms with Crippen LogP contribution in [0.4, 0.5) is 0 Å². The van der Waals surface area contributed by atoms with Crippen molar-refractivity contribution in [2.75, 3.05) is 0 Å². The predicted octanol–water partition coefficient (Wildman–Crippen LogP) is 2.75. The maximum atomic E-state index is 10.9. The Bertz CT molecular complexity index is 444. The largest absolute Gasteiger partial charge is 0.481 e. The minimum atomic E-state index is -0.760. The van der Waals surface area contributed by atoms with E-state index in [0.29, 0.717) is 0 Å². The van der Waals surface area contributed by atoms with Gasteiger partial charge in [0.2, 0.25) is 0 Å². The van der Waals surface area contributed by atoms with Gasteiger partial charge >= 0.3 is 5.97 Å². The number of rotatable bonds is 2. The van der Waals surface area contributed by atoms with Crippen molar-refractivity contribution in [3.8, 4) is 0 Å². The number of benzene rings is 1. The molecule has 0 fully saturated rings. The van der Waals surface area contributed by atoms with Crippen LogP contribution in [0.2, 0.25) is 0 Å². The highest BCUT2D eigenvalue weighted by molar-refractivity contribution is 5.77. The lowest BCUT2D eigenvalue weighted by molar-refractivity contribution is -0.138. The van der Waals surface area contributed by atoms with Crippen LogP contribution in [0.15, 0.2) is 18.2 Å². The Morgan fingerprint density at radius 2 is 2.20 bits per heavy atom. The zero-order valence-electron chi connectivity index (χ0n) is 8.95. The molecule has 1 aromatic rings. The topological polar surface area (TPSA) is 37.3 Å². The molecule has 1 atom stereocenters. The Morgan fingerprint density at radius 1 is 1.47 bits per heavy atom. The van der Waals surface area contributed by atoms with Crippen LogP contribution in [0.25, 0.3) is 6.08 Å². The molecule has 15 heavy (non-hydrogen) atoms. The minimum absolute atomic E-state index is 0.420. The second kappa shape index (κ2) is 3.54. The first-order valence-corrected chi connectivity index (χ1v) is 5.13. The van der Waals surface area contributed by atoms with Crippen molar-refractivity contribution in [2.45, 2.75) is 26.2 Å². The molecule has 2 rings (SSSR count). The summed E-state index contributed by atoms with van der Waals surface area (Å²) >= 11 is 0. The van der Waals surface area contributed by atoms with Gasteiger partial charge in [0.05, 0.1) is 5.92 Å². The number of hydrogen-bond acceptors (Lipinski definition) is 1. The molecular weight excluding hydrogens is 188 g/mol. The Balaban J connectivity index is 2.48. The van der Waals surface area contributed by atoms with Crippen LogP contribution in [0.1, 0.15) is 35.1 Å². The molecule has 1 aliphatic carbocycles. The molecule has 1 aliphatic rings. The van der Waals surface area contributed by atoms with Gasteiger partial charge in [0.25, 0.3) is 0 Å². The van der Waals surface area contributed by atoms with E-state index in [1.165, 1.54) is 11.1 Å². The number of hydrogen-bond donors (Lipinski definition) is 1. The van der Waals surface area contributed by atoms with Crippen molar-refractivity contribution in [3.05, 3.63) is 40.5 Å². The third kappa shape index (κ3) is 1.56. The molecule has 0 amide bonds. The zero-order chi connectivity index (χ0) is 11.0. The average molecular weight is 202 g/mol. The monoisotopic (exact) mass is 202 g/mol. The Labute approximate surface area is 89.2 Å². The molecule has 0 spiro atoms. The van der Waals surface area contributed by atoms with Crippen LogP contribution >= 0.6 is 0 Å². The van der Waals surface area contributed by atoms with Gasteiger partial charge in [0.1, 0.15) is 0 Å². The normalized spacial score (nSPS) is 15.1. The summed E-state index contributed by atoms with van der Waals surface area (Å²) in [7, 11) is 0. The zero-order valence-corrected chi connectivity index (χ0v) is 8.95. The van der Waals surface area contributed by atoms with E-state index in [2.05, 4.69) is 12.2 Å². The first-order chi connectivity index (χ1) is 7.11. The molecule has 78 valence electrons. The van der Waals surface area contributed by atoms with Crippen LogP contribution in [0.5, 0.6) is 0 Å². The molecular formula is C13H14O2. The third-order valence-corrected chi connectivity index (χ3v) is 3.13. The molecule has 0 saturated carbocycles. The summed E-state index contributed by atoms with van der Waals surface area (Å²) in [5.74, 6) is -1.18. The van der Waals surface area contributed by atoms with E-state index in [1.54, 1.807) is 6.92 Å². The first kappa shape index (κ1) is 9.97. The van der Waals surface area contributed by atoms with E-state index < -0.39 is 11.9 Å². The molecule has 0 aliphatic heterocycles. The Morgan fingerprint density at radius 3 is 2.87 bits per heavy atom. The molecule has 0 heterocycles. The van der Waals surface area contributed by atoms with E-state index in [4.69, 9.17) is 5.11 Å². The van der Waals surface area contributed by atoms with Gasteiger partial charge in [-0.3, -0.25) is 4.79 Å². The fourth-order valence-electron chi connectivity index (χ4n) is 2.13. The van der Waals surface area contributed by atoms with Crippen molar-refractivity contribution in [3.63, 3.8) is 0 Å². The van der Waals surface area contributed by atoms with Gasteiger partial charge in [-0.1, -0.05) is 24.3 Å². The first-order valence-electron chi connectivity index (χ1n) is 5.13. The van der Waals surface area contributed by atoms with Crippen LogP contribution in [-0.4, -0.2) is 11.1 Å². The van der Waals surface area contributed by atoms with E-state index in [-0.39, 0.29) is 0 Å². The Hall–Kier alpha value is -1.57. The summed E-state index contributed by atoms with van der Waals surface area (Å²) in [4.78, 5) is 10.9. The van der Waals surface area contributed by atoms with Crippen LogP contribution < -0.4 is 0 Å². The second-order valence-corrected chi connectivity index (χ2v) is 4.01. The fraction of sp³-hybridized carbons (Fsp3) is 0.308. The summed E-state index contributed by atoms with van der Waals surface area (Å²) < 4.78 is 0. The van der Waals surface area contributed by atoms with Crippen LogP contribution in [-0.2, 0) is 11.2 Å². The van der Waals surface area contributed by atoms with Gasteiger partial charge in [0.15, 0.2) is 0 Å². The van der Waals surface area contributed by atoms with E-state index in [9.17, 15) is 4.79 Å². The van der Waals surface area contributed by atoms with Crippen molar-refractivity contribution in [1.29, 1.82) is 0 Å². The van der Waals surface area contributed by atoms with Gasteiger partial charge in [-0.15, -0.1) is 0 Å². The second-order valence-electron chi connectivity index (χ2n) is 4.01. The molecule has 2 heteroatoms. The van der Waals surface area contributed by atoms with Crippen molar-refractivity contribution in [2.24, 2.45) is 0 Å². The van der Waals surface area contributed by atoms with Gasteiger partial charge in [-0.05, 0) is 42.5 Å². The van der Waals surface area contributed by atoms with Crippen molar-refractivity contribution >= 4 is 12.0 Å². The molecule has 2 nitrogen and oxygen atoms in total. The highest BCUT2D eigenvalue weighted by Gasteiger charge is 2.19. The van der Waals surface area contributed by atoms with Crippen LogP contribution in [0, 0.1) is 6.92 Å². The van der Waals surface area contributed by atoms with E-state index in [0.717, 1.165) is 17.5 Å². The highest BCUT2D eigenvalue weighted by Crippen LogP contribution is 2.29. The molecule has 1 aromatic carbocycles. The fourth-order valence-corrected chi connectivity index (χ4v) is 2.13. The lowest BCUT2D eigenvalue weighted by Gasteiger charge is -2.14. The summed E-state index contributed by atoms with van der Waals surface area (Å²) in [6, 6.07) is 3.95. The van der Waals surface area contributed by atoms with Crippen LogP contribution in [0.3, 0.4) is 0 Å². The van der Waals surface area contributed by atoms with E-state index in [1.807, 2.05) is 19.1 Å². The maximum absolute atomic E-state index is 10.9. The summed E-state index contributed by atoms with van der Waals surface area (Å²) in [5.41, 5.74) is 4.58. The number of carboxylic acid groups (broad SMARTS) is 1. The number of carboxylic acids is 1. The number of allylic oxidation sites excluding steroid dienone is 1. The molecule has 0 bridgehead atoms. The van der Waals surface area contributed by atoms with Gasteiger partial charge in [-0.2, -0.15) is 0 Å². The molecule has 0 aromatic heterocycles. The minimum Gasteiger partial charge on any atom is -0.481 e. The van der Waals surface area contributed by atoms with E-state index >= 15 is 0 Å². The molecule has 1 N–H and O–H groups in total. The van der Waals surface area contributed by atoms with Gasteiger partial charge in [-0.25, -0.2) is 0 Å². The standard InChI is InChI=1S/C13H14O2/c1-8-11(9(2)13(14)15)7-6-10-4-3-5-12(8)10/h3-4,6-7,9H,5H2,1-2H3,(H,14,15).